The van der Waals surface area contributed by atoms with Gasteiger partial charge in [0.2, 0.25) is 5.88 Å². The Morgan fingerprint density at radius 1 is 1.33 bits per heavy atom. The van der Waals surface area contributed by atoms with Crippen molar-refractivity contribution >= 4 is 38.6 Å². The molecule has 2 rings (SSSR count). The van der Waals surface area contributed by atoms with Crippen LogP contribution in [0.4, 0.5) is 5.69 Å². The highest BCUT2D eigenvalue weighted by Crippen LogP contribution is 2.24. The van der Waals surface area contributed by atoms with E-state index in [4.69, 9.17) is 16.3 Å². The molecule has 0 spiro atoms. The monoisotopic (exact) mass is 305 g/mol. The minimum Gasteiger partial charge on any atom is -0.481 e. The van der Waals surface area contributed by atoms with E-state index in [0.717, 1.165) is 11.3 Å². The van der Waals surface area contributed by atoms with E-state index >= 15 is 0 Å². The molecule has 1 N–H and O–H groups in total. The molecule has 0 unspecified atom stereocenters. The maximum atomic E-state index is 11.9. The highest BCUT2D eigenvalue weighted by Gasteiger charge is 2.17. The Balaban J connectivity index is 2.22. The van der Waals surface area contributed by atoms with Crippen molar-refractivity contribution in [3.05, 3.63) is 29.0 Å². The number of rotatable bonds is 4. The molecule has 0 saturated heterocycles. The summed E-state index contributed by atoms with van der Waals surface area (Å²) in [5.41, 5.74) is 0.334. The molecule has 0 aliphatic heterocycles. The third-order valence-corrected chi connectivity index (χ3v) is 4.88. The summed E-state index contributed by atoms with van der Waals surface area (Å²) in [4.78, 5) is 7.57. The number of hydrogen-bond acceptors (Lipinski definition) is 6. The summed E-state index contributed by atoms with van der Waals surface area (Å²) in [7, 11) is -2.19. The van der Waals surface area contributed by atoms with Crippen molar-refractivity contribution in [2.75, 3.05) is 11.8 Å². The molecule has 0 atom stereocenters. The Morgan fingerprint density at radius 3 is 2.61 bits per heavy atom. The Morgan fingerprint density at radius 2 is 2.11 bits per heavy atom. The first-order valence-electron chi connectivity index (χ1n) is 4.65. The predicted octanol–water partition coefficient (Wildman–Crippen LogP) is 2.00. The van der Waals surface area contributed by atoms with E-state index in [0.29, 0.717) is 11.6 Å². The van der Waals surface area contributed by atoms with Gasteiger partial charge in [0.25, 0.3) is 10.0 Å². The zero-order valence-electron chi connectivity index (χ0n) is 9.12. The van der Waals surface area contributed by atoms with Crippen LogP contribution < -0.4 is 9.46 Å². The summed E-state index contributed by atoms with van der Waals surface area (Å²) in [5, 5.41) is 0. The van der Waals surface area contributed by atoms with Crippen molar-refractivity contribution in [2.24, 2.45) is 0 Å². The van der Waals surface area contributed by atoms with E-state index in [1.54, 1.807) is 12.1 Å². The number of ether oxygens (including phenoxy) is 1. The van der Waals surface area contributed by atoms with Gasteiger partial charge in [-0.15, -0.1) is 0 Å². The van der Waals surface area contributed by atoms with Crippen molar-refractivity contribution < 1.29 is 13.2 Å². The molecule has 6 nitrogen and oxygen atoms in total. The molecule has 9 heteroatoms. The van der Waals surface area contributed by atoms with Gasteiger partial charge in [0, 0.05) is 6.07 Å². The van der Waals surface area contributed by atoms with Crippen LogP contribution in [0.2, 0.25) is 4.47 Å². The molecule has 18 heavy (non-hydrogen) atoms. The van der Waals surface area contributed by atoms with Gasteiger partial charge in [0.1, 0.15) is 0 Å². The first-order valence-corrected chi connectivity index (χ1v) is 7.33. The molecular formula is C9H8ClN3O3S2. The smallest absolute Gasteiger partial charge is 0.273 e. The summed E-state index contributed by atoms with van der Waals surface area (Å²) in [6, 6.07) is 3.10. The number of aromatic nitrogens is 2. The molecule has 2 aromatic heterocycles. The lowest BCUT2D eigenvalue weighted by atomic mass is 10.4. The molecular weight excluding hydrogens is 298 g/mol. The average Bonchev–Trinajstić information content (AvgIpc) is 2.77. The molecule has 2 heterocycles. The lowest BCUT2D eigenvalue weighted by Crippen LogP contribution is -2.11. The number of sulfonamides is 1. The SMILES string of the molecule is COc1ccc(NS(=O)(=O)c2cnc(Cl)s2)cn1. The van der Waals surface area contributed by atoms with Crippen LogP contribution in [0.5, 0.6) is 5.88 Å². The third kappa shape index (κ3) is 2.89. The van der Waals surface area contributed by atoms with Crippen LogP contribution in [-0.2, 0) is 10.0 Å². The molecule has 0 fully saturated rings. The number of methoxy groups -OCH3 is 1. The maximum Gasteiger partial charge on any atom is 0.273 e. The summed E-state index contributed by atoms with van der Waals surface area (Å²) in [6.45, 7) is 0. The summed E-state index contributed by atoms with van der Waals surface area (Å²) in [6.07, 6.45) is 2.56. The quantitative estimate of drug-likeness (QED) is 0.934. The van der Waals surface area contributed by atoms with Gasteiger partial charge in [-0.3, -0.25) is 4.72 Å². The molecule has 0 bridgehead atoms. The summed E-state index contributed by atoms with van der Waals surface area (Å²) < 4.78 is 31.3. The van der Waals surface area contributed by atoms with E-state index in [2.05, 4.69) is 14.7 Å². The highest BCUT2D eigenvalue weighted by molar-refractivity contribution is 7.94. The van der Waals surface area contributed by atoms with Crippen molar-refractivity contribution in [2.45, 2.75) is 4.21 Å². The van der Waals surface area contributed by atoms with Gasteiger partial charge in [-0.1, -0.05) is 22.9 Å². The number of thiazole rings is 1. The van der Waals surface area contributed by atoms with Crippen LogP contribution in [0.25, 0.3) is 0 Å². The molecule has 0 aliphatic carbocycles. The number of nitrogens with zero attached hydrogens (tertiary/aromatic N) is 2. The van der Waals surface area contributed by atoms with Gasteiger partial charge in [-0.2, -0.15) is 0 Å². The van der Waals surface area contributed by atoms with E-state index < -0.39 is 10.0 Å². The van der Waals surface area contributed by atoms with Gasteiger partial charge in [-0.25, -0.2) is 18.4 Å². The van der Waals surface area contributed by atoms with E-state index in [1.165, 1.54) is 19.5 Å². The fourth-order valence-corrected chi connectivity index (χ4v) is 3.47. The van der Waals surface area contributed by atoms with E-state index in [1.807, 2.05) is 0 Å². The number of anilines is 1. The topological polar surface area (TPSA) is 81.2 Å². The fraction of sp³-hybridized carbons (Fsp3) is 0.111. The Hall–Kier alpha value is -1.38. The van der Waals surface area contributed by atoms with Gasteiger partial charge >= 0.3 is 0 Å². The number of pyridine rings is 1. The van der Waals surface area contributed by atoms with Crippen LogP contribution in [0.15, 0.2) is 28.7 Å². The molecule has 0 amide bonds. The van der Waals surface area contributed by atoms with Crippen molar-refractivity contribution in [3.63, 3.8) is 0 Å². The second-order valence-corrected chi connectivity index (χ2v) is 6.65. The average molecular weight is 306 g/mol. The highest BCUT2D eigenvalue weighted by atomic mass is 35.5. The lowest BCUT2D eigenvalue weighted by Gasteiger charge is -2.05. The van der Waals surface area contributed by atoms with Crippen molar-refractivity contribution in [1.29, 1.82) is 0 Å². The minimum absolute atomic E-state index is 0.0447. The van der Waals surface area contributed by atoms with Gasteiger partial charge < -0.3 is 4.74 Å². The van der Waals surface area contributed by atoms with Crippen LogP contribution in [0.1, 0.15) is 0 Å². The van der Waals surface area contributed by atoms with Crippen LogP contribution in [-0.4, -0.2) is 25.5 Å². The van der Waals surface area contributed by atoms with Crippen molar-refractivity contribution in [3.8, 4) is 5.88 Å². The van der Waals surface area contributed by atoms with Gasteiger partial charge in [0.05, 0.1) is 25.2 Å². The van der Waals surface area contributed by atoms with Gasteiger partial charge in [0.15, 0.2) is 8.68 Å². The summed E-state index contributed by atoms with van der Waals surface area (Å²) >= 11 is 6.48. The van der Waals surface area contributed by atoms with Crippen LogP contribution in [0, 0.1) is 0 Å². The minimum atomic E-state index is -3.67. The van der Waals surface area contributed by atoms with E-state index in [-0.39, 0.29) is 8.68 Å². The molecule has 2 aromatic rings. The molecule has 0 aromatic carbocycles. The Labute approximate surface area is 113 Å². The lowest BCUT2D eigenvalue weighted by molar-refractivity contribution is 0.398. The number of halogens is 1. The Kier molecular flexibility index (Phi) is 3.69. The molecule has 96 valence electrons. The van der Waals surface area contributed by atoms with Crippen LogP contribution in [0.3, 0.4) is 0 Å². The van der Waals surface area contributed by atoms with Crippen molar-refractivity contribution in [1.82, 2.24) is 9.97 Å². The normalized spacial score (nSPS) is 11.2. The molecule has 0 aliphatic rings. The zero-order chi connectivity index (χ0) is 13.2. The van der Waals surface area contributed by atoms with Crippen LogP contribution >= 0.6 is 22.9 Å². The molecule has 0 saturated carbocycles. The number of nitrogens with one attached hydrogen (secondary N) is 1. The second-order valence-electron chi connectivity index (χ2n) is 3.13. The standard InChI is InChI=1S/C9H8ClN3O3S2/c1-16-7-3-2-6(4-11-7)13-18(14,15)8-5-12-9(10)17-8/h2-5,13H,1H3. The van der Waals surface area contributed by atoms with E-state index in [9.17, 15) is 8.42 Å². The molecule has 0 radical (unpaired) electrons. The zero-order valence-corrected chi connectivity index (χ0v) is 11.5. The number of hydrogen-bond donors (Lipinski definition) is 1. The predicted molar refractivity (Wildman–Crippen MR) is 68.7 cm³/mol. The first-order chi connectivity index (χ1) is 8.51. The fourth-order valence-electron chi connectivity index (χ4n) is 1.13. The first kappa shape index (κ1) is 13.1. The third-order valence-electron chi connectivity index (χ3n) is 1.92. The Bertz CT molecular complexity index is 639. The van der Waals surface area contributed by atoms with Gasteiger partial charge in [-0.05, 0) is 6.07 Å². The summed E-state index contributed by atoms with van der Waals surface area (Å²) in [5.74, 6) is 0.402. The largest absolute Gasteiger partial charge is 0.481 e. The maximum absolute atomic E-state index is 11.9. The second kappa shape index (κ2) is 5.09.